The lowest BCUT2D eigenvalue weighted by atomic mass is 11.3. The zero-order chi connectivity index (χ0) is 2.00. The van der Waals surface area contributed by atoms with Gasteiger partial charge in [-0.25, -0.2) is 0 Å². The lowest BCUT2D eigenvalue weighted by Gasteiger charge is -0.813. The summed E-state index contributed by atoms with van der Waals surface area (Å²) in [6.07, 6.45) is 0. The van der Waals surface area contributed by atoms with Gasteiger partial charge in [-0.05, 0) is 0 Å². The van der Waals surface area contributed by atoms with Crippen LogP contribution in [0.15, 0.2) is 13.2 Å². The molecule has 0 unspecified atom stereocenters. The maximum Gasteiger partial charge on any atom is -0.106 e. The van der Waals surface area contributed by atoms with Crippen molar-refractivity contribution >= 4 is 0 Å². The number of hydrogen-bond acceptors (Lipinski definition) is 0. The zero-order valence-electron chi connectivity index (χ0n) is 2.64. The molecule has 0 aliphatic carbocycles. The topological polar surface area (TPSA) is 0 Å². The number of hydrogen-bond donors (Lipinski definition) is 0. The second-order valence-corrected chi connectivity index (χ2v) is 0. The van der Waals surface area contributed by atoms with Crippen LogP contribution in [-0.2, 0) is 0 Å². The predicted octanol–water partition coefficient (Wildman–Crippen LogP) is 1.26. The molecule has 0 amide bonds. The molecule has 0 nitrogen and oxygen atoms in total. The van der Waals surface area contributed by atoms with E-state index >= 15 is 0 Å². The highest BCUT2D eigenvalue weighted by molar-refractivity contribution is 4.22. The normalized spacial score (nSPS) is 0.800. The molecule has 0 rings (SSSR count). The second kappa shape index (κ2) is 102. The van der Waals surface area contributed by atoms with Crippen molar-refractivity contribution in [2.45, 2.75) is 0 Å². The maximum atomic E-state index is 3.00. The van der Waals surface area contributed by atoms with E-state index in [4.69, 9.17) is 0 Å². The number of halogens is 3. The van der Waals surface area contributed by atoms with Crippen LogP contribution < -0.4 is 0 Å². The van der Waals surface area contributed by atoms with Gasteiger partial charge in [0.2, 0.25) is 0 Å². The predicted molar refractivity (Wildman–Crippen MR) is 18.8 cm³/mol. The van der Waals surface area contributed by atoms with E-state index in [1.807, 2.05) is 0 Å². The van der Waals surface area contributed by atoms with Crippen LogP contribution in [0.2, 0.25) is 0 Å². The summed E-state index contributed by atoms with van der Waals surface area (Å²) in [5.41, 5.74) is 0. The fraction of sp³-hybridized carbons (Fsp3) is 0. The van der Waals surface area contributed by atoms with Crippen molar-refractivity contribution in [1.29, 1.82) is 0 Å². The largest absolute Gasteiger partial charge is 0.269 e. The van der Waals surface area contributed by atoms with Crippen molar-refractivity contribution in [2.24, 2.45) is 0 Å². The average Bonchev–Trinajstić information content (AvgIpc) is 1.00. The molecule has 0 N–H and O–H groups in total. The number of rotatable bonds is 0. The lowest BCUT2D eigenvalue weighted by Crippen LogP contribution is -0.552. The second-order valence-electron chi connectivity index (χ2n) is 0. The molecule has 0 aromatic rings. The Balaban J connectivity index is -0.00000000167. The molecular formula is C2H7F3. The Morgan fingerprint density at radius 1 is 0.600 bits per heavy atom. The van der Waals surface area contributed by atoms with Crippen molar-refractivity contribution < 1.29 is 14.1 Å². The van der Waals surface area contributed by atoms with Crippen molar-refractivity contribution in [3.63, 3.8) is 0 Å². The summed E-state index contributed by atoms with van der Waals surface area (Å²) in [6, 6.07) is 0. The first-order valence-electron chi connectivity index (χ1n) is 0.500. The first-order valence-corrected chi connectivity index (χ1v) is 0.500. The SMILES string of the molecule is C=C.F.F.F. The summed E-state index contributed by atoms with van der Waals surface area (Å²) in [4.78, 5) is 0. The van der Waals surface area contributed by atoms with E-state index in [-0.39, 0.29) is 14.1 Å². The molecule has 0 bridgehead atoms. The molecule has 0 aromatic carbocycles. The Morgan fingerprint density at radius 2 is 0.600 bits per heavy atom. The molecule has 5 heavy (non-hydrogen) atoms. The lowest BCUT2D eigenvalue weighted by molar-refractivity contribution is 1.11. The van der Waals surface area contributed by atoms with Gasteiger partial charge >= 0.3 is 0 Å². The molecule has 0 aliphatic rings. The van der Waals surface area contributed by atoms with Crippen LogP contribution in [0.1, 0.15) is 0 Å². The first-order chi connectivity index (χ1) is 1.00. The molecule has 36 valence electrons. The molecule has 0 spiro atoms. The van der Waals surface area contributed by atoms with Gasteiger partial charge < -0.3 is 0 Å². The fourth-order valence-corrected chi connectivity index (χ4v) is 0. The van der Waals surface area contributed by atoms with Gasteiger partial charge in [-0.2, -0.15) is 0 Å². The molecule has 0 saturated heterocycles. The fourth-order valence-electron chi connectivity index (χ4n) is 0. The van der Waals surface area contributed by atoms with Crippen LogP contribution in [0.3, 0.4) is 0 Å². The highest BCUT2D eigenvalue weighted by atomic mass is 19.0. The van der Waals surface area contributed by atoms with E-state index in [0.717, 1.165) is 0 Å². The van der Waals surface area contributed by atoms with Crippen LogP contribution in [0.5, 0.6) is 0 Å². The van der Waals surface area contributed by atoms with Crippen molar-refractivity contribution in [3.8, 4) is 0 Å². The maximum absolute atomic E-state index is 3.00. The summed E-state index contributed by atoms with van der Waals surface area (Å²) >= 11 is 0. The Hall–Kier alpha value is -0.470. The van der Waals surface area contributed by atoms with Gasteiger partial charge in [0.15, 0.2) is 0 Å². The van der Waals surface area contributed by atoms with Crippen LogP contribution in [0.25, 0.3) is 0 Å². The summed E-state index contributed by atoms with van der Waals surface area (Å²) in [7, 11) is 0. The summed E-state index contributed by atoms with van der Waals surface area (Å²) in [6.45, 7) is 6.00. The van der Waals surface area contributed by atoms with Crippen molar-refractivity contribution in [3.05, 3.63) is 13.2 Å². The van der Waals surface area contributed by atoms with Gasteiger partial charge in [0.25, 0.3) is 0 Å². The third kappa shape index (κ3) is 37.4. The molecule has 0 radical (unpaired) electrons. The van der Waals surface area contributed by atoms with E-state index in [1.165, 1.54) is 0 Å². The molecule has 0 aliphatic heterocycles. The Kier molecular flexibility index (Phi) is 4110. The highest BCUT2D eigenvalue weighted by Gasteiger charge is 0.601. The third-order valence-electron chi connectivity index (χ3n) is 0. The standard InChI is InChI=1S/C2H4.3FH/c1-2;;;/h1-2H2;3*1H. The van der Waals surface area contributed by atoms with E-state index in [2.05, 4.69) is 13.2 Å². The minimum Gasteiger partial charge on any atom is -0.269 e. The minimum atomic E-state index is 0. The van der Waals surface area contributed by atoms with Crippen LogP contribution >= 0.6 is 0 Å². The van der Waals surface area contributed by atoms with Gasteiger partial charge in [0.1, 0.15) is 0 Å². The summed E-state index contributed by atoms with van der Waals surface area (Å²) in [5.74, 6) is 0. The van der Waals surface area contributed by atoms with Gasteiger partial charge in [-0.3, -0.25) is 14.1 Å². The van der Waals surface area contributed by atoms with E-state index in [9.17, 15) is 0 Å². The van der Waals surface area contributed by atoms with Crippen molar-refractivity contribution in [2.75, 3.05) is 0 Å². The minimum absolute atomic E-state index is 0. The van der Waals surface area contributed by atoms with E-state index in [0.29, 0.717) is 0 Å². The molecule has 0 heterocycles. The molecule has 0 saturated carbocycles. The smallest absolute Gasteiger partial charge is 0.106 e. The summed E-state index contributed by atoms with van der Waals surface area (Å²) < 4.78 is 0. The molecular weight excluding hydrogens is 81.0 g/mol. The summed E-state index contributed by atoms with van der Waals surface area (Å²) in [5, 5.41) is 0. The molecule has 0 aromatic heterocycles. The van der Waals surface area contributed by atoms with Gasteiger partial charge in [0, 0.05) is 0 Å². The average molecular weight is 88.1 g/mol. The van der Waals surface area contributed by atoms with E-state index in [1.54, 1.807) is 0 Å². The zero-order valence-corrected chi connectivity index (χ0v) is 2.64. The van der Waals surface area contributed by atoms with Gasteiger partial charge in [-0.1, -0.05) is 0 Å². The van der Waals surface area contributed by atoms with Crippen LogP contribution in [0, 0.1) is 0 Å². The quantitative estimate of drug-likeness (QED) is 0.391. The molecule has 3 heteroatoms. The first kappa shape index (κ1) is 201. The van der Waals surface area contributed by atoms with Gasteiger partial charge in [0.05, 0.1) is 0 Å². The van der Waals surface area contributed by atoms with Gasteiger partial charge in [-0.15, -0.1) is 13.2 Å². The van der Waals surface area contributed by atoms with Crippen molar-refractivity contribution in [1.82, 2.24) is 0 Å². The molecule has 0 atom stereocenters. The van der Waals surface area contributed by atoms with Crippen LogP contribution in [-0.4, -0.2) is 0 Å². The Bertz CT molecular complexity index is 4.85. The van der Waals surface area contributed by atoms with Crippen LogP contribution in [0.4, 0.5) is 14.1 Å². The Labute approximate surface area is 28.6 Å². The van der Waals surface area contributed by atoms with E-state index < -0.39 is 0 Å². The third-order valence-corrected chi connectivity index (χ3v) is 0. The Morgan fingerprint density at radius 3 is 0.600 bits per heavy atom. The molecule has 0 fully saturated rings. The monoisotopic (exact) mass is 88.0 g/mol. The highest BCUT2D eigenvalue weighted by Crippen LogP contribution is 0.862.